The monoisotopic (exact) mass is 319 g/mol. The molecule has 10 heteroatoms. The van der Waals surface area contributed by atoms with Gasteiger partial charge in [-0.3, -0.25) is 4.79 Å². The van der Waals surface area contributed by atoms with Crippen molar-refractivity contribution in [3.8, 4) is 0 Å². The SMILES string of the molecule is NCCCC[C@@H](NC(=O)N[C@H](CCC(=O)O)C(=O)O)C(=O)O. The first-order valence-electron chi connectivity index (χ1n) is 6.72. The van der Waals surface area contributed by atoms with Crippen molar-refractivity contribution in [2.24, 2.45) is 5.73 Å². The van der Waals surface area contributed by atoms with Gasteiger partial charge in [-0.2, -0.15) is 0 Å². The number of aliphatic carboxylic acids is 3. The Hall–Kier alpha value is -2.36. The van der Waals surface area contributed by atoms with E-state index in [-0.39, 0.29) is 12.8 Å². The Balaban J connectivity index is 4.47. The summed E-state index contributed by atoms with van der Waals surface area (Å²) in [5, 5.41) is 30.6. The molecule has 0 rings (SSSR count). The third-order valence-corrected chi connectivity index (χ3v) is 2.80. The molecular weight excluding hydrogens is 298 g/mol. The van der Waals surface area contributed by atoms with Gasteiger partial charge in [-0.05, 0) is 32.2 Å². The lowest BCUT2D eigenvalue weighted by Crippen LogP contribution is -2.51. The lowest BCUT2D eigenvalue weighted by molar-refractivity contribution is -0.140. The normalized spacial score (nSPS) is 13.0. The summed E-state index contributed by atoms with van der Waals surface area (Å²) in [6.45, 7) is 0.398. The van der Waals surface area contributed by atoms with E-state index < -0.39 is 42.4 Å². The van der Waals surface area contributed by atoms with E-state index in [1.165, 1.54) is 0 Å². The Kier molecular flexibility index (Phi) is 9.27. The summed E-state index contributed by atoms with van der Waals surface area (Å²) >= 11 is 0. The number of urea groups is 1. The van der Waals surface area contributed by atoms with Crippen molar-refractivity contribution in [3.63, 3.8) is 0 Å². The van der Waals surface area contributed by atoms with Crippen molar-refractivity contribution in [2.45, 2.75) is 44.2 Å². The molecule has 0 aromatic heterocycles. The van der Waals surface area contributed by atoms with Crippen LogP contribution >= 0.6 is 0 Å². The molecule has 0 bridgehead atoms. The molecule has 0 saturated carbocycles. The second-order valence-corrected chi connectivity index (χ2v) is 4.62. The molecule has 0 aliphatic carbocycles. The Morgan fingerprint density at radius 2 is 1.36 bits per heavy atom. The smallest absolute Gasteiger partial charge is 0.326 e. The molecule has 0 heterocycles. The fourth-order valence-electron chi connectivity index (χ4n) is 1.63. The number of unbranched alkanes of at least 4 members (excludes halogenated alkanes) is 1. The third-order valence-electron chi connectivity index (χ3n) is 2.80. The molecule has 126 valence electrons. The number of carbonyl (C=O) groups excluding carboxylic acids is 1. The van der Waals surface area contributed by atoms with Gasteiger partial charge >= 0.3 is 23.9 Å². The van der Waals surface area contributed by atoms with Gasteiger partial charge < -0.3 is 31.7 Å². The predicted octanol–water partition coefficient (Wildman–Crippen LogP) is -0.814. The lowest BCUT2D eigenvalue weighted by Gasteiger charge is -2.18. The summed E-state index contributed by atoms with van der Waals surface area (Å²) in [4.78, 5) is 44.0. The molecule has 22 heavy (non-hydrogen) atoms. The first-order chi connectivity index (χ1) is 10.3. The van der Waals surface area contributed by atoms with Crippen molar-refractivity contribution in [2.75, 3.05) is 6.54 Å². The number of carboxylic acid groups (broad SMARTS) is 3. The van der Waals surface area contributed by atoms with Gasteiger partial charge in [0.1, 0.15) is 12.1 Å². The molecule has 7 N–H and O–H groups in total. The van der Waals surface area contributed by atoms with Crippen LogP contribution in [0.3, 0.4) is 0 Å². The Labute approximate surface area is 126 Å². The van der Waals surface area contributed by atoms with E-state index in [0.29, 0.717) is 19.4 Å². The standard InChI is InChI=1S/C12H21N3O7/c13-6-2-1-3-7(10(18)19)14-12(22)15-8(11(20)21)4-5-9(16)17/h7-8H,1-6,13H2,(H,16,17)(H,18,19)(H,20,21)(H2,14,15,22)/t7-,8-/m1/s1. The number of hydrogen-bond acceptors (Lipinski definition) is 5. The molecule has 10 nitrogen and oxygen atoms in total. The number of rotatable bonds is 11. The number of hydrogen-bond donors (Lipinski definition) is 6. The third kappa shape index (κ3) is 8.74. The van der Waals surface area contributed by atoms with Crippen molar-refractivity contribution in [1.29, 1.82) is 0 Å². The maximum atomic E-state index is 11.6. The van der Waals surface area contributed by atoms with Crippen LogP contribution in [0.25, 0.3) is 0 Å². The molecule has 0 aromatic carbocycles. The molecule has 0 unspecified atom stereocenters. The minimum Gasteiger partial charge on any atom is -0.481 e. The zero-order chi connectivity index (χ0) is 17.1. The summed E-state index contributed by atoms with van der Waals surface area (Å²) in [5.74, 6) is -3.84. The highest BCUT2D eigenvalue weighted by Crippen LogP contribution is 2.02. The van der Waals surface area contributed by atoms with Gasteiger partial charge in [-0.1, -0.05) is 0 Å². The van der Waals surface area contributed by atoms with Gasteiger partial charge in [0, 0.05) is 6.42 Å². The minimum atomic E-state index is -1.41. The highest BCUT2D eigenvalue weighted by atomic mass is 16.4. The predicted molar refractivity (Wildman–Crippen MR) is 74.3 cm³/mol. The van der Waals surface area contributed by atoms with Crippen molar-refractivity contribution < 1.29 is 34.5 Å². The van der Waals surface area contributed by atoms with Gasteiger partial charge in [-0.25, -0.2) is 14.4 Å². The van der Waals surface area contributed by atoms with E-state index in [1.807, 2.05) is 5.32 Å². The highest BCUT2D eigenvalue weighted by Gasteiger charge is 2.24. The lowest BCUT2D eigenvalue weighted by atomic mass is 10.1. The number of nitrogens with two attached hydrogens (primary N) is 1. The molecule has 0 fully saturated rings. The number of amides is 2. The van der Waals surface area contributed by atoms with E-state index in [1.54, 1.807) is 0 Å². The largest absolute Gasteiger partial charge is 0.481 e. The summed E-state index contributed by atoms with van der Waals surface area (Å²) < 4.78 is 0. The molecular formula is C12H21N3O7. The van der Waals surface area contributed by atoms with Crippen LogP contribution in [0.15, 0.2) is 0 Å². The van der Waals surface area contributed by atoms with Gasteiger partial charge in [0.15, 0.2) is 0 Å². The van der Waals surface area contributed by atoms with Crippen LogP contribution in [0.2, 0.25) is 0 Å². The van der Waals surface area contributed by atoms with Crippen LogP contribution in [-0.4, -0.2) is 57.9 Å². The first-order valence-corrected chi connectivity index (χ1v) is 6.72. The second kappa shape index (κ2) is 10.4. The van der Waals surface area contributed by atoms with Crippen LogP contribution in [0, 0.1) is 0 Å². The molecule has 0 aliphatic heterocycles. The van der Waals surface area contributed by atoms with E-state index in [4.69, 9.17) is 21.1 Å². The molecule has 0 radical (unpaired) electrons. The molecule has 0 spiro atoms. The van der Waals surface area contributed by atoms with E-state index in [0.717, 1.165) is 0 Å². The molecule has 0 aliphatic rings. The number of carboxylic acids is 3. The van der Waals surface area contributed by atoms with E-state index >= 15 is 0 Å². The van der Waals surface area contributed by atoms with Gasteiger partial charge in [0.2, 0.25) is 0 Å². The van der Waals surface area contributed by atoms with Crippen LogP contribution in [0.1, 0.15) is 32.1 Å². The van der Waals surface area contributed by atoms with E-state index in [2.05, 4.69) is 5.32 Å². The maximum absolute atomic E-state index is 11.6. The van der Waals surface area contributed by atoms with Gasteiger partial charge in [0.25, 0.3) is 0 Å². The zero-order valence-corrected chi connectivity index (χ0v) is 11.9. The first kappa shape index (κ1) is 19.6. The van der Waals surface area contributed by atoms with Crippen LogP contribution in [0.4, 0.5) is 4.79 Å². The fraction of sp³-hybridized carbons (Fsp3) is 0.667. The topological polar surface area (TPSA) is 179 Å². The molecule has 0 aromatic rings. The molecule has 2 atom stereocenters. The minimum absolute atomic E-state index is 0.160. The second-order valence-electron chi connectivity index (χ2n) is 4.62. The van der Waals surface area contributed by atoms with Crippen LogP contribution < -0.4 is 16.4 Å². The van der Waals surface area contributed by atoms with E-state index in [9.17, 15) is 19.2 Å². The average Bonchev–Trinajstić information content (AvgIpc) is 2.41. The quantitative estimate of drug-likeness (QED) is 0.267. The number of nitrogens with one attached hydrogen (secondary N) is 2. The Morgan fingerprint density at radius 1 is 0.864 bits per heavy atom. The molecule has 0 saturated heterocycles. The van der Waals surface area contributed by atoms with Crippen molar-refractivity contribution >= 4 is 23.9 Å². The van der Waals surface area contributed by atoms with Crippen molar-refractivity contribution in [3.05, 3.63) is 0 Å². The number of carbonyl (C=O) groups is 4. The molecule has 2 amide bonds. The van der Waals surface area contributed by atoms with Crippen LogP contribution in [-0.2, 0) is 14.4 Å². The summed E-state index contributed by atoms with van der Waals surface area (Å²) in [6.07, 6.45) is 0.518. The Morgan fingerprint density at radius 3 is 1.77 bits per heavy atom. The Bertz CT molecular complexity index is 414. The highest BCUT2D eigenvalue weighted by molar-refractivity contribution is 5.86. The average molecular weight is 319 g/mol. The maximum Gasteiger partial charge on any atom is 0.326 e. The van der Waals surface area contributed by atoms with Gasteiger partial charge in [-0.15, -0.1) is 0 Å². The summed E-state index contributed by atoms with van der Waals surface area (Å²) in [5.41, 5.74) is 5.29. The van der Waals surface area contributed by atoms with Gasteiger partial charge in [0.05, 0.1) is 0 Å². The zero-order valence-electron chi connectivity index (χ0n) is 11.9. The fourth-order valence-corrected chi connectivity index (χ4v) is 1.63. The summed E-state index contributed by atoms with van der Waals surface area (Å²) in [7, 11) is 0. The van der Waals surface area contributed by atoms with Crippen LogP contribution in [0.5, 0.6) is 0 Å². The summed E-state index contributed by atoms with van der Waals surface area (Å²) in [6, 6.07) is -3.55. The van der Waals surface area contributed by atoms with Crippen molar-refractivity contribution in [1.82, 2.24) is 10.6 Å².